The second kappa shape index (κ2) is 10.9. The molecule has 38 heavy (non-hydrogen) atoms. The zero-order valence-corrected chi connectivity index (χ0v) is 21.4. The Balaban J connectivity index is 1.54. The van der Waals surface area contributed by atoms with Gasteiger partial charge in [-0.2, -0.15) is 0 Å². The maximum atomic E-state index is 13.5. The number of carbonyl (C=O) groups excluding carboxylic acids is 2. The molecule has 9 nitrogen and oxygen atoms in total. The lowest BCUT2D eigenvalue weighted by atomic mass is 9.92. The van der Waals surface area contributed by atoms with Gasteiger partial charge in [0.25, 0.3) is 5.91 Å². The van der Waals surface area contributed by atoms with Gasteiger partial charge in [-0.25, -0.2) is 4.79 Å². The number of aliphatic hydroxyl groups excluding tert-OH is 1. The van der Waals surface area contributed by atoms with Crippen LogP contribution in [0.5, 0.6) is 5.75 Å². The minimum absolute atomic E-state index is 0.213. The molecule has 2 aliphatic rings. The maximum Gasteiger partial charge on any atom is 0.411 e. The van der Waals surface area contributed by atoms with E-state index >= 15 is 0 Å². The van der Waals surface area contributed by atoms with Crippen LogP contribution >= 0.6 is 0 Å². The molecule has 2 aromatic carbocycles. The second-order valence-corrected chi connectivity index (χ2v) is 9.26. The Bertz CT molecular complexity index is 1400. The van der Waals surface area contributed by atoms with E-state index in [2.05, 4.69) is 16.7 Å². The van der Waals surface area contributed by atoms with Gasteiger partial charge in [-0.1, -0.05) is 24.3 Å². The summed E-state index contributed by atoms with van der Waals surface area (Å²) in [4.78, 5) is 31.9. The van der Waals surface area contributed by atoms with Crippen LogP contribution in [-0.2, 0) is 11.3 Å². The Labute approximate surface area is 221 Å². The first-order valence-electron chi connectivity index (χ1n) is 12.5. The number of nitrogens with one attached hydrogen (secondary N) is 2. The van der Waals surface area contributed by atoms with Crippen LogP contribution in [0.2, 0.25) is 0 Å². The van der Waals surface area contributed by atoms with Crippen molar-refractivity contribution in [1.82, 2.24) is 15.2 Å². The van der Waals surface area contributed by atoms with Crippen molar-refractivity contribution in [1.29, 1.82) is 0 Å². The van der Waals surface area contributed by atoms with Crippen LogP contribution in [0.4, 0.5) is 10.5 Å². The number of piperidine rings is 1. The molecular formula is C29H30N4O5. The number of carbonyl (C=O) groups is 2. The van der Waals surface area contributed by atoms with Gasteiger partial charge >= 0.3 is 6.09 Å². The number of fused-ring (bicyclic) bond motifs is 1. The number of nitrogens with zero attached hydrogens (tertiary/aromatic N) is 2. The van der Waals surface area contributed by atoms with E-state index < -0.39 is 12.2 Å². The van der Waals surface area contributed by atoms with Gasteiger partial charge in [0.05, 0.1) is 43.8 Å². The summed E-state index contributed by atoms with van der Waals surface area (Å²) < 4.78 is 10.4. The van der Waals surface area contributed by atoms with Crippen molar-refractivity contribution in [3.63, 3.8) is 0 Å². The molecule has 9 heteroatoms. The van der Waals surface area contributed by atoms with Crippen molar-refractivity contribution in [2.75, 3.05) is 32.6 Å². The lowest BCUT2D eigenvalue weighted by Gasteiger charge is -2.30. The number of anilines is 1. The number of pyridine rings is 1. The van der Waals surface area contributed by atoms with Crippen LogP contribution in [0, 0.1) is 0 Å². The van der Waals surface area contributed by atoms with Crippen LogP contribution in [0.1, 0.15) is 40.0 Å². The number of hydrogen-bond donors (Lipinski definition) is 3. The highest BCUT2D eigenvalue weighted by atomic mass is 16.5. The Hall–Kier alpha value is -4.37. The second-order valence-electron chi connectivity index (χ2n) is 9.26. The number of ether oxygens (including phenoxy) is 2. The zero-order valence-electron chi connectivity index (χ0n) is 21.4. The molecule has 0 saturated carbocycles. The van der Waals surface area contributed by atoms with Crippen LogP contribution in [-0.4, -0.2) is 60.4 Å². The van der Waals surface area contributed by atoms with Crippen molar-refractivity contribution in [3.05, 3.63) is 83.3 Å². The van der Waals surface area contributed by atoms with Gasteiger partial charge in [0.1, 0.15) is 5.75 Å². The maximum absolute atomic E-state index is 13.5. The molecule has 1 saturated heterocycles. The first kappa shape index (κ1) is 25.3. The summed E-state index contributed by atoms with van der Waals surface area (Å²) >= 11 is 0. The van der Waals surface area contributed by atoms with Crippen LogP contribution in [0.25, 0.3) is 16.7 Å². The number of rotatable bonds is 5. The Morgan fingerprint density at radius 2 is 1.84 bits per heavy atom. The van der Waals surface area contributed by atoms with Gasteiger partial charge in [-0.15, -0.1) is 0 Å². The third kappa shape index (κ3) is 5.05. The lowest BCUT2D eigenvalue weighted by Crippen LogP contribution is -2.40. The highest BCUT2D eigenvalue weighted by Crippen LogP contribution is 2.36. The van der Waals surface area contributed by atoms with E-state index in [4.69, 9.17) is 14.5 Å². The van der Waals surface area contributed by atoms with Crippen LogP contribution in [0.15, 0.2) is 60.9 Å². The van der Waals surface area contributed by atoms with Crippen molar-refractivity contribution >= 4 is 23.3 Å². The molecule has 3 N–H and O–H groups in total. The number of likely N-dealkylation sites (tertiary alicyclic amines) is 1. The monoisotopic (exact) mass is 514 g/mol. The van der Waals surface area contributed by atoms with E-state index in [1.807, 2.05) is 36.5 Å². The average Bonchev–Trinajstić information content (AvgIpc) is 2.96. The van der Waals surface area contributed by atoms with Gasteiger partial charge in [-0.05, 0) is 42.7 Å². The fourth-order valence-corrected chi connectivity index (χ4v) is 4.85. The highest BCUT2D eigenvalue weighted by Gasteiger charge is 2.26. The lowest BCUT2D eigenvalue weighted by molar-refractivity contribution is 0.0547. The summed E-state index contributed by atoms with van der Waals surface area (Å²) in [7, 11) is 2.93. The summed E-state index contributed by atoms with van der Waals surface area (Å²) in [5.74, 6) is 0.548. The minimum Gasteiger partial charge on any atom is -0.496 e. The quantitative estimate of drug-likeness (QED) is 0.471. The fraction of sp³-hybridized carbons (Fsp3) is 0.276. The zero-order chi connectivity index (χ0) is 26.6. The molecule has 3 heterocycles. The van der Waals surface area contributed by atoms with Crippen molar-refractivity contribution in [2.24, 2.45) is 0 Å². The summed E-state index contributed by atoms with van der Waals surface area (Å²) in [6, 6.07) is 15.2. The molecule has 0 aliphatic carbocycles. The van der Waals surface area contributed by atoms with E-state index in [1.54, 1.807) is 30.3 Å². The Kier molecular flexibility index (Phi) is 7.28. The van der Waals surface area contributed by atoms with E-state index in [-0.39, 0.29) is 5.91 Å². The molecule has 196 valence electrons. The number of benzene rings is 2. The molecule has 1 aromatic heterocycles. The molecule has 0 bridgehead atoms. The van der Waals surface area contributed by atoms with E-state index in [9.17, 15) is 14.7 Å². The summed E-state index contributed by atoms with van der Waals surface area (Å²) in [5, 5.41) is 15.8. The first-order valence-corrected chi connectivity index (χ1v) is 12.5. The minimum atomic E-state index is -0.657. The fourth-order valence-electron chi connectivity index (χ4n) is 4.85. The van der Waals surface area contributed by atoms with Gasteiger partial charge in [0.2, 0.25) is 0 Å². The number of hydrogen-bond acceptors (Lipinski definition) is 7. The molecule has 0 atom stereocenters. The smallest absolute Gasteiger partial charge is 0.411 e. The Morgan fingerprint density at radius 1 is 1.05 bits per heavy atom. The summed E-state index contributed by atoms with van der Waals surface area (Å²) in [5.41, 5.74) is 6.12. The molecule has 0 radical (unpaired) electrons. The number of methoxy groups -OCH3 is 2. The van der Waals surface area contributed by atoms with Crippen molar-refractivity contribution < 1.29 is 24.2 Å². The number of amides is 2. The van der Waals surface area contributed by atoms with E-state index in [1.165, 1.54) is 7.11 Å². The van der Waals surface area contributed by atoms with Gasteiger partial charge in [0, 0.05) is 47.7 Å². The predicted octanol–water partition coefficient (Wildman–Crippen LogP) is 4.02. The molecule has 5 rings (SSSR count). The molecule has 2 aliphatic heterocycles. The van der Waals surface area contributed by atoms with E-state index in [0.717, 1.165) is 39.3 Å². The third-order valence-electron chi connectivity index (χ3n) is 6.93. The van der Waals surface area contributed by atoms with Crippen molar-refractivity contribution in [2.45, 2.75) is 25.5 Å². The standard InChI is InChI=1S/C29H30N4O5/c1-37-27-6-4-3-5-21(27)24-16-30-17-26-22(24)14-19(15-31-26)18-7-8-25(32-29(36)38-2)23(13-18)28(35)33-11-9-20(34)10-12-33/h3-8,13-16,20,30,34H,9-12,17H2,1-2H3,(H,32,36). The molecule has 0 unspecified atom stereocenters. The van der Waals surface area contributed by atoms with Crippen LogP contribution < -0.4 is 15.4 Å². The molecule has 0 spiro atoms. The van der Waals surface area contributed by atoms with Gasteiger partial charge in [0.15, 0.2) is 0 Å². The number of aliphatic hydroxyl groups is 1. The van der Waals surface area contributed by atoms with Gasteiger partial charge in [-0.3, -0.25) is 15.1 Å². The average molecular weight is 515 g/mol. The van der Waals surface area contributed by atoms with Gasteiger partial charge < -0.3 is 24.8 Å². The van der Waals surface area contributed by atoms with Crippen molar-refractivity contribution in [3.8, 4) is 16.9 Å². The number of para-hydroxylation sites is 1. The summed E-state index contributed by atoms with van der Waals surface area (Å²) in [6.45, 7) is 1.49. The molecule has 2 amide bonds. The largest absolute Gasteiger partial charge is 0.496 e. The highest BCUT2D eigenvalue weighted by molar-refractivity contribution is 6.04. The van der Waals surface area contributed by atoms with E-state index in [0.29, 0.717) is 43.7 Å². The topological polar surface area (TPSA) is 113 Å². The third-order valence-corrected chi connectivity index (χ3v) is 6.93. The molecule has 1 fully saturated rings. The predicted molar refractivity (Wildman–Crippen MR) is 144 cm³/mol. The van der Waals surface area contributed by atoms with Crippen LogP contribution in [0.3, 0.4) is 0 Å². The Morgan fingerprint density at radius 3 is 2.61 bits per heavy atom. The first-order chi connectivity index (χ1) is 18.5. The molecular weight excluding hydrogens is 484 g/mol. The molecule has 3 aromatic rings. The normalized spacial score (nSPS) is 15.1. The summed E-state index contributed by atoms with van der Waals surface area (Å²) in [6.07, 6.45) is 3.74. The SMILES string of the molecule is COC(=O)Nc1ccc(-c2cnc3c(c2)C(c2ccccc2OC)=CNC3)cc1C(=O)N1CCC(O)CC1. The number of aromatic nitrogens is 1.